The Morgan fingerprint density at radius 3 is 2.59 bits per heavy atom. The lowest BCUT2D eigenvalue weighted by molar-refractivity contribution is 0.417. The number of nitrogens with zero attached hydrogens (tertiary/aromatic N) is 2. The van der Waals surface area contributed by atoms with Crippen molar-refractivity contribution in [2.24, 2.45) is 5.92 Å². The first-order valence-corrected chi connectivity index (χ1v) is 11.2. The number of hydrogen-bond donors (Lipinski definition) is 0. The van der Waals surface area contributed by atoms with E-state index >= 15 is 0 Å². The van der Waals surface area contributed by atoms with E-state index in [2.05, 4.69) is 51.2 Å². The Balaban J connectivity index is 1.64. The summed E-state index contributed by atoms with van der Waals surface area (Å²) in [6.07, 6.45) is 14.9. The molecule has 1 heterocycles. The van der Waals surface area contributed by atoms with Crippen molar-refractivity contribution in [2.75, 3.05) is 0 Å². The van der Waals surface area contributed by atoms with Crippen molar-refractivity contribution in [3.05, 3.63) is 47.3 Å². The minimum Gasteiger partial charge on any atom is -0.236 e. The molecule has 0 spiro atoms. The normalized spacial score (nSPS) is 17.5. The molecular formula is C25H36N2. The highest BCUT2D eigenvalue weighted by Crippen LogP contribution is 2.29. The third kappa shape index (κ3) is 5.40. The Morgan fingerprint density at radius 1 is 1.04 bits per heavy atom. The van der Waals surface area contributed by atoms with Gasteiger partial charge in [-0.2, -0.15) is 0 Å². The molecule has 0 saturated heterocycles. The highest BCUT2D eigenvalue weighted by Gasteiger charge is 2.20. The van der Waals surface area contributed by atoms with E-state index in [1.54, 1.807) is 0 Å². The van der Waals surface area contributed by atoms with E-state index in [1.165, 1.54) is 68.2 Å². The molecule has 3 rings (SSSR count). The van der Waals surface area contributed by atoms with Crippen LogP contribution in [-0.2, 0) is 12.8 Å². The summed E-state index contributed by atoms with van der Waals surface area (Å²) in [5, 5.41) is 0. The van der Waals surface area contributed by atoms with Crippen LogP contribution in [0, 0.1) is 5.92 Å². The van der Waals surface area contributed by atoms with Crippen LogP contribution in [-0.4, -0.2) is 9.97 Å². The zero-order valence-electron chi connectivity index (χ0n) is 17.5. The number of benzene rings is 1. The quantitative estimate of drug-likeness (QED) is 0.443. The molecule has 0 aliphatic heterocycles. The van der Waals surface area contributed by atoms with E-state index in [0.717, 1.165) is 30.1 Å². The first-order chi connectivity index (χ1) is 13.2. The second-order valence-electron chi connectivity index (χ2n) is 8.44. The molecule has 0 fully saturated rings. The topological polar surface area (TPSA) is 25.8 Å². The zero-order chi connectivity index (χ0) is 19.1. The molecule has 2 atom stereocenters. The molecule has 2 heteroatoms. The first kappa shape index (κ1) is 20.0. The second-order valence-corrected chi connectivity index (χ2v) is 8.44. The monoisotopic (exact) mass is 364 g/mol. The maximum absolute atomic E-state index is 4.91. The van der Waals surface area contributed by atoms with Gasteiger partial charge in [0.05, 0.1) is 0 Å². The van der Waals surface area contributed by atoms with Crippen molar-refractivity contribution < 1.29 is 0 Å². The fourth-order valence-electron chi connectivity index (χ4n) is 4.38. The van der Waals surface area contributed by atoms with Gasteiger partial charge < -0.3 is 0 Å². The predicted octanol–water partition coefficient (Wildman–Crippen LogP) is 7.12. The number of aromatic nitrogens is 2. The van der Waals surface area contributed by atoms with Gasteiger partial charge in [0.25, 0.3) is 0 Å². The van der Waals surface area contributed by atoms with Crippen LogP contribution in [0.5, 0.6) is 0 Å². The summed E-state index contributed by atoms with van der Waals surface area (Å²) in [7, 11) is 0. The Morgan fingerprint density at radius 2 is 1.85 bits per heavy atom. The van der Waals surface area contributed by atoms with Gasteiger partial charge in [-0.05, 0) is 48.6 Å². The standard InChI is InChI=1S/C25H36N2/c1-4-6-7-8-10-19(3)21-12-14-22(15-13-21)25-26-18-23-17-20(9-5-2)11-16-24(23)27-25/h12-15,18-20H,4-11,16-17H2,1-3H3. The van der Waals surface area contributed by atoms with Crippen LogP contribution in [0.2, 0.25) is 0 Å². The maximum atomic E-state index is 4.91. The molecule has 0 saturated carbocycles. The van der Waals surface area contributed by atoms with Crippen molar-refractivity contribution in [1.82, 2.24) is 9.97 Å². The third-order valence-electron chi connectivity index (χ3n) is 6.18. The molecule has 0 N–H and O–H groups in total. The summed E-state index contributed by atoms with van der Waals surface area (Å²) >= 11 is 0. The lowest BCUT2D eigenvalue weighted by Crippen LogP contribution is -2.16. The van der Waals surface area contributed by atoms with Crippen molar-refractivity contribution in [1.29, 1.82) is 0 Å². The maximum Gasteiger partial charge on any atom is 0.159 e. The summed E-state index contributed by atoms with van der Waals surface area (Å²) in [4.78, 5) is 9.60. The van der Waals surface area contributed by atoms with Crippen molar-refractivity contribution in [3.63, 3.8) is 0 Å². The number of rotatable bonds is 9. The second kappa shape index (κ2) is 10.0. The van der Waals surface area contributed by atoms with Gasteiger partial charge in [-0.15, -0.1) is 0 Å². The molecule has 0 bridgehead atoms. The molecule has 0 radical (unpaired) electrons. The Bertz CT molecular complexity index is 705. The average Bonchev–Trinajstić information content (AvgIpc) is 2.71. The minimum atomic E-state index is 0.635. The number of aryl methyl sites for hydroxylation is 1. The molecule has 1 aliphatic rings. The van der Waals surface area contributed by atoms with Gasteiger partial charge in [0, 0.05) is 17.5 Å². The van der Waals surface area contributed by atoms with Gasteiger partial charge in [0.2, 0.25) is 0 Å². The number of unbranched alkanes of at least 4 members (excludes halogenated alkanes) is 3. The van der Waals surface area contributed by atoms with Gasteiger partial charge in [-0.1, -0.05) is 83.6 Å². The van der Waals surface area contributed by atoms with Crippen LogP contribution >= 0.6 is 0 Å². The molecule has 1 aliphatic carbocycles. The van der Waals surface area contributed by atoms with Gasteiger partial charge in [0.15, 0.2) is 5.82 Å². The van der Waals surface area contributed by atoms with Crippen LogP contribution in [0.15, 0.2) is 30.5 Å². The Labute approximate surface area is 165 Å². The largest absolute Gasteiger partial charge is 0.236 e. The van der Waals surface area contributed by atoms with E-state index in [1.807, 2.05) is 0 Å². The predicted molar refractivity (Wildman–Crippen MR) is 115 cm³/mol. The van der Waals surface area contributed by atoms with Crippen molar-refractivity contribution in [3.8, 4) is 11.4 Å². The summed E-state index contributed by atoms with van der Waals surface area (Å²) < 4.78 is 0. The highest BCUT2D eigenvalue weighted by atomic mass is 14.9. The van der Waals surface area contributed by atoms with Gasteiger partial charge in [-0.25, -0.2) is 9.97 Å². The summed E-state index contributed by atoms with van der Waals surface area (Å²) in [6.45, 7) is 6.91. The van der Waals surface area contributed by atoms with Gasteiger partial charge in [-0.3, -0.25) is 0 Å². The summed E-state index contributed by atoms with van der Waals surface area (Å²) in [5.41, 5.74) is 5.24. The third-order valence-corrected chi connectivity index (χ3v) is 6.18. The van der Waals surface area contributed by atoms with Crippen LogP contribution < -0.4 is 0 Å². The average molecular weight is 365 g/mol. The lowest BCUT2D eigenvalue weighted by atomic mass is 9.84. The van der Waals surface area contributed by atoms with Crippen LogP contribution in [0.3, 0.4) is 0 Å². The van der Waals surface area contributed by atoms with E-state index in [4.69, 9.17) is 9.97 Å². The fraction of sp³-hybridized carbons (Fsp3) is 0.600. The molecule has 27 heavy (non-hydrogen) atoms. The van der Waals surface area contributed by atoms with Crippen LogP contribution in [0.4, 0.5) is 0 Å². The summed E-state index contributed by atoms with van der Waals surface area (Å²) in [6, 6.07) is 8.98. The molecule has 0 amide bonds. The highest BCUT2D eigenvalue weighted by molar-refractivity contribution is 5.56. The number of hydrogen-bond acceptors (Lipinski definition) is 2. The molecular weight excluding hydrogens is 328 g/mol. The van der Waals surface area contributed by atoms with E-state index in [-0.39, 0.29) is 0 Å². The number of fused-ring (bicyclic) bond motifs is 1. The van der Waals surface area contributed by atoms with Crippen molar-refractivity contribution in [2.45, 2.75) is 90.9 Å². The van der Waals surface area contributed by atoms with E-state index < -0.39 is 0 Å². The molecule has 2 unspecified atom stereocenters. The fourth-order valence-corrected chi connectivity index (χ4v) is 4.38. The Kier molecular flexibility index (Phi) is 7.43. The van der Waals surface area contributed by atoms with Gasteiger partial charge in [0.1, 0.15) is 0 Å². The van der Waals surface area contributed by atoms with Crippen molar-refractivity contribution >= 4 is 0 Å². The molecule has 1 aromatic heterocycles. The Hall–Kier alpha value is -1.70. The molecule has 146 valence electrons. The SMILES string of the molecule is CCCCCCC(C)c1ccc(-c2ncc3c(n2)CCC(CCC)C3)cc1. The smallest absolute Gasteiger partial charge is 0.159 e. The van der Waals surface area contributed by atoms with Crippen LogP contribution in [0.1, 0.15) is 94.9 Å². The molecule has 1 aromatic carbocycles. The minimum absolute atomic E-state index is 0.635. The lowest BCUT2D eigenvalue weighted by Gasteiger charge is -2.23. The molecule has 2 nitrogen and oxygen atoms in total. The van der Waals surface area contributed by atoms with E-state index in [0.29, 0.717) is 5.92 Å². The van der Waals surface area contributed by atoms with Gasteiger partial charge >= 0.3 is 0 Å². The van der Waals surface area contributed by atoms with Crippen LogP contribution in [0.25, 0.3) is 11.4 Å². The molecule has 2 aromatic rings. The first-order valence-electron chi connectivity index (χ1n) is 11.2. The summed E-state index contributed by atoms with van der Waals surface area (Å²) in [5.74, 6) is 2.36. The van der Waals surface area contributed by atoms with E-state index in [9.17, 15) is 0 Å². The zero-order valence-corrected chi connectivity index (χ0v) is 17.5.